The quantitative estimate of drug-likeness (QED) is 0.857. The van der Waals surface area contributed by atoms with E-state index in [1.165, 1.54) is 11.3 Å². The lowest BCUT2D eigenvalue weighted by molar-refractivity contribution is 0.0783. The van der Waals surface area contributed by atoms with Gasteiger partial charge in [-0.1, -0.05) is 0 Å². The van der Waals surface area contributed by atoms with Gasteiger partial charge in [-0.05, 0) is 26.5 Å². The smallest absolute Gasteiger partial charge is 0.265 e. The molecular formula is C15H19N5OS. The lowest BCUT2D eigenvalue weighted by Gasteiger charge is -2.23. The summed E-state index contributed by atoms with van der Waals surface area (Å²) in [5.74, 6) is 0.917. The third-order valence-corrected chi connectivity index (χ3v) is 4.94. The molecule has 0 saturated carbocycles. The maximum atomic E-state index is 12.5. The normalized spacial score (nSPS) is 18.1. The first-order valence-electron chi connectivity index (χ1n) is 7.30. The number of carbonyl (C=O) groups excluding carboxylic acids is 1. The average molecular weight is 317 g/mol. The predicted molar refractivity (Wildman–Crippen MR) is 84.7 cm³/mol. The van der Waals surface area contributed by atoms with Gasteiger partial charge in [-0.15, -0.1) is 11.3 Å². The van der Waals surface area contributed by atoms with Gasteiger partial charge in [0.15, 0.2) is 0 Å². The zero-order chi connectivity index (χ0) is 15.5. The molecule has 7 heteroatoms. The number of thiazole rings is 1. The number of aromatic nitrogens is 3. The fourth-order valence-corrected chi connectivity index (χ4v) is 3.47. The Hall–Kier alpha value is -1.86. The Morgan fingerprint density at radius 1 is 1.41 bits per heavy atom. The summed E-state index contributed by atoms with van der Waals surface area (Å²) >= 11 is 1.42. The van der Waals surface area contributed by atoms with Crippen molar-refractivity contribution in [3.8, 4) is 0 Å². The fraction of sp³-hybridized carbons (Fsp3) is 0.467. The Kier molecular flexibility index (Phi) is 4.44. The van der Waals surface area contributed by atoms with Crippen molar-refractivity contribution in [1.29, 1.82) is 0 Å². The first-order valence-corrected chi connectivity index (χ1v) is 8.18. The standard InChI is InChI=1S/C15H19N5OS/c1-11-14(22-10-18-11)15(21)20-7-4-12(8-20)19(2)9-13-16-5-3-6-17-13/h3,5-6,10,12H,4,7-9H2,1-2H3. The largest absolute Gasteiger partial charge is 0.336 e. The molecule has 0 N–H and O–H groups in total. The van der Waals surface area contributed by atoms with Crippen LogP contribution >= 0.6 is 11.3 Å². The van der Waals surface area contributed by atoms with Crippen molar-refractivity contribution >= 4 is 17.2 Å². The second-order valence-electron chi connectivity index (χ2n) is 5.54. The molecule has 1 fully saturated rings. The number of nitrogens with zero attached hydrogens (tertiary/aromatic N) is 5. The van der Waals surface area contributed by atoms with E-state index in [1.807, 2.05) is 17.9 Å². The lowest BCUT2D eigenvalue weighted by Crippen LogP contribution is -2.36. The van der Waals surface area contributed by atoms with Gasteiger partial charge in [-0.2, -0.15) is 0 Å². The zero-order valence-corrected chi connectivity index (χ0v) is 13.6. The van der Waals surface area contributed by atoms with Gasteiger partial charge in [-0.3, -0.25) is 9.69 Å². The summed E-state index contributed by atoms with van der Waals surface area (Å²) in [5, 5.41) is 0. The average Bonchev–Trinajstić information content (AvgIpc) is 3.16. The van der Waals surface area contributed by atoms with Crippen LogP contribution in [0.5, 0.6) is 0 Å². The first kappa shape index (κ1) is 15.1. The van der Waals surface area contributed by atoms with Crippen molar-refractivity contribution in [3.05, 3.63) is 40.4 Å². The predicted octanol–water partition coefficient (Wildman–Crippen LogP) is 1.59. The molecule has 2 aromatic rings. The van der Waals surface area contributed by atoms with Crippen LogP contribution in [-0.4, -0.2) is 56.8 Å². The third-order valence-electron chi connectivity index (χ3n) is 4.02. The van der Waals surface area contributed by atoms with Crippen molar-refractivity contribution in [2.45, 2.75) is 25.9 Å². The molecule has 0 bridgehead atoms. The maximum Gasteiger partial charge on any atom is 0.265 e. The summed E-state index contributed by atoms with van der Waals surface area (Å²) in [6.07, 6.45) is 4.49. The highest BCUT2D eigenvalue weighted by atomic mass is 32.1. The zero-order valence-electron chi connectivity index (χ0n) is 12.8. The Morgan fingerprint density at radius 3 is 2.86 bits per heavy atom. The number of likely N-dealkylation sites (N-methyl/N-ethyl adjacent to an activating group) is 1. The van der Waals surface area contributed by atoms with Gasteiger partial charge < -0.3 is 4.90 Å². The summed E-state index contributed by atoms with van der Waals surface area (Å²) in [6.45, 7) is 4.13. The first-order chi connectivity index (χ1) is 10.6. The molecule has 0 aliphatic carbocycles. The van der Waals surface area contributed by atoms with Crippen molar-refractivity contribution in [2.75, 3.05) is 20.1 Å². The highest BCUT2D eigenvalue weighted by Gasteiger charge is 2.30. The molecule has 0 aromatic carbocycles. The van der Waals surface area contributed by atoms with E-state index in [2.05, 4.69) is 26.9 Å². The van der Waals surface area contributed by atoms with Crippen LogP contribution in [0.25, 0.3) is 0 Å². The number of carbonyl (C=O) groups is 1. The minimum Gasteiger partial charge on any atom is -0.336 e. The summed E-state index contributed by atoms with van der Waals surface area (Å²) in [7, 11) is 2.06. The highest BCUT2D eigenvalue weighted by molar-refractivity contribution is 7.11. The highest BCUT2D eigenvalue weighted by Crippen LogP contribution is 2.21. The molecule has 1 atom stereocenters. The van der Waals surface area contributed by atoms with Crippen LogP contribution in [0.4, 0.5) is 0 Å². The van der Waals surface area contributed by atoms with E-state index in [1.54, 1.807) is 17.9 Å². The molecule has 6 nitrogen and oxygen atoms in total. The summed E-state index contributed by atoms with van der Waals surface area (Å²) < 4.78 is 0. The van der Waals surface area contributed by atoms with E-state index in [4.69, 9.17) is 0 Å². The minimum absolute atomic E-state index is 0.104. The summed E-state index contributed by atoms with van der Waals surface area (Å²) in [6, 6.07) is 2.16. The number of rotatable bonds is 4. The van der Waals surface area contributed by atoms with E-state index < -0.39 is 0 Å². The van der Waals surface area contributed by atoms with Crippen LogP contribution in [-0.2, 0) is 6.54 Å². The van der Waals surface area contributed by atoms with Gasteiger partial charge in [-0.25, -0.2) is 15.0 Å². The molecule has 1 aliphatic heterocycles. The van der Waals surface area contributed by atoms with Gasteiger partial charge >= 0.3 is 0 Å². The SMILES string of the molecule is Cc1ncsc1C(=O)N1CCC(N(C)Cc2ncccn2)C1. The van der Waals surface area contributed by atoms with E-state index >= 15 is 0 Å². The number of likely N-dealkylation sites (tertiary alicyclic amines) is 1. The molecule has 0 spiro atoms. The van der Waals surface area contributed by atoms with Crippen molar-refractivity contribution < 1.29 is 4.79 Å². The molecule has 1 aliphatic rings. The van der Waals surface area contributed by atoms with E-state index in [0.29, 0.717) is 12.6 Å². The molecule has 1 amide bonds. The van der Waals surface area contributed by atoms with Crippen molar-refractivity contribution in [1.82, 2.24) is 24.8 Å². The fourth-order valence-electron chi connectivity index (χ4n) is 2.70. The van der Waals surface area contributed by atoms with Gasteiger partial charge in [0.2, 0.25) is 0 Å². The van der Waals surface area contributed by atoms with Gasteiger partial charge in [0.05, 0.1) is 17.7 Å². The number of hydrogen-bond donors (Lipinski definition) is 0. The van der Waals surface area contributed by atoms with Crippen LogP contribution in [0.2, 0.25) is 0 Å². The second-order valence-corrected chi connectivity index (χ2v) is 6.40. The van der Waals surface area contributed by atoms with Crippen LogP contribution in [0, 0.1) is 6.92 Å². The van der Waals surface area contributed by atoms with Crippen LogP contribution < -0.4 is 0 Å². The number of amides is 1. The Balaban J connectivity index is 1.60. The van der Waals surface area contributed by atoms with Gasteiger partial charge in [0.1, 0.15) is 10.7 Å². The molecule has 3 heterocycles. The molecule has 116 valence electrons. The van der Waals surface area contributed by atoms with E-state index in [-0.39, 0.29) is 5.91 Å². The molecule has 1 unspecified atom stereocenters. The Bertz CT molecular complexity index is 644. The van der Waals surface area contributed by atoms with Gasteiger partial charge in [0, 0.05) is 31.5 Å². The third kappa shape index (κ3) is 3.15. The monoisotopic (exact) mass is 317 g/mol. The maximum absolute atomic E-state index is 12.5. The van der Waals surface area contributed by atoms with Crippen LogP contribution in [0.1, 0.15) is 27.6 Å². The Labute approximate surface area is 133 Å². The van der Waals surface area contributed by atoms with E-state index in [9.17, 15) is 4.79 Å². The van der Waals surface area contributed by atoms with Crippen LogP contribution in [0.15, 0.2) is 24.0 Å². The summed E-state index contributed by atoms with van der Waals surface area (Å²) in [4.78, 5) is 30.1. The topological polar surface area (TPSA) is 62.2 Å². The molecule has 2 aromatic heterocycles. The van der Waals surface area contributed by atoms with Crippen molar-refractivity contribution in [2.24, 2.45) is 0 Å². The molecule has 3 rings (SSSR count). The molecular weight excluding hydrogens is 298 g/mol. The second kappa shape index (κ2) is 6.50. The molecule has 0 radical (unpaired) electrons. The Morgan fingerprint density at radius 2 is 2.18 bits per heavy atom. The van der Waals surface area contributed by atoms with Crippen LogP contribution in [0.3, 0.4) is 0 Å². The molecule has 22 heavy (non-hydrogen) atoms. The minimum atomic E-state index is 0.104. The number of hydrogen-bond acceptors (Lipinski definition) is 6. The lowest BCUT2D eigenvalue weighted by atomic mass is 10.2. The van der Waals surface area contributed by atoms with Crippen molar-refractivity contribution in [3.63, 3.8) is 0 Å². The van der Waals surface area contributed by atoms with Gasteiger partial charge in [0.25, 0.3) is 5.91 Å². The molecule has 1 saturated heterocycles. The van der Waals surface area contributed by atoms with E-state index in [0.717, 1.165) is 35.9 Å². The number of aryl methyl sites for hydroxylation is 1. The summed E-state index contributed by atoms with van der Waals surface area (Å²) in [5.41, 5.74) is 2.55.